The summed E-state index contributed by atoms with van der Waals surface area (Å²) in [4.78, 5) is 7.97. The maximum Gasteiger partial charge on any atom is 0.264 e. The molecule has 0 radical (unpaired) electrons. The summed E-state index contributed by atoms with van der Waals surface area (Å²) in [6.45, 7) is 0. The molecule has 27 heavy (non-hydrogen) atoms. The normalized spacial score (nSPS) is 11.6. The maximum absolute atomic E-state index is 12.5. The highest BCUT2D eigenvalue weighted by atomic mass is 35.5. The van der Waals surface area contributed by atoms with Crippen molar-refractivity contribution in [1.82, 2.24) is 14.5 Å². The Balaban J connectivity index is 1.63. The lowest BCUT2D eigenvalue weighted by molar-refractivity contribution is 0.601. The lowest BCUT2D eigenvalue weighted by Gasteiger charge is -2.10. The van der Waals surface area contributed by atoms with E-state index in [-0.39, 0.29) is 15.2 Å². The number of fused-ring (bicyclic) bond motifs is 1. The van der Waals surface area contributed by atoms with Crippen LogP contribution in [0.15, 0.2) is 71.9 Å². The first-order chi connectivity index (χ1) is 12.9. The topological polar surface area (TPSA) is 76.9 Å². The molecule has 4 aromatic rings. The zero-order valence-electron chi connectivity index (χ0n) is 13.7. The van der Waals surface area contributed by atoms with Crippen LogP contribution in [0.4, 0.5) is 5.69 Å². The number of imidazole rings is 1. The standard InChI is InChI=1S/C18H12Cl2N4O2S/c19-17-10-9-16(18(20)22-17)27(25,26)23-12-5-7-13(8-6-12)24-11-21-14-3-1-2-4-15(14)24/h1-11,23H. The minimum Gasteiger partial charge on any atom is -0.299 e. The quantitative estimate of drug-likeness (QED) is 0.493. The number of rotatable bonds is 4. The van der Waals surface area contributed by atoms with Gasteiger partial charge in [0.25, 0.3) is 10.0 Å². The van der Waals surface area contributed by atoms with Crippen molar-refractivity contribution in [3.8, 4) is 5.69 Å². The molecule has 4 rings (SSSR count). The molecular weight excluding hydrogens is 407 g/mol. The van der Waals surface area contributed by atoms with Gasteiger partial charge >= 0.3 is 0 Å². The van der Waals surface area contributed by atoms with Gasteiger partial charge in [0.1, 0.15) is 16.4 Å². The van der Waals surface area contributed by atoms with Crippen molar-refractivity contribution in [1.29, 1.82) is 0 Å². The molecule has 9 heteroatoms. The van der Waals surface area contributed by atoms with Crippen molar-refractivity contribution >= 4 is 49.9 Å². The van der Waals surface area contributed by atoms with E-state index in [1.807, 2.05) is 28.8 Å². The Morgan fingerprint density at radius 2 is 1.67 bits per heavy atom. The second kappa shape index (κ2) is 6.84. The summed E-state index contributed by atoms with van der Waals surface area (Å²) in [6.07, 6.45) is 1.73. The van der Waals surface area contributed by atoms with E-state index in [0.717, 1.165) is 16.7 Å². The molecule has 6 nitrogen and oxygen atoms in total. The summed E-state index contributed by atoms with van der Waals surface area (Å²) in [5, 5.41) is -0.0626. The van der Waals surface area contributed by atoms with Crippen LogP contribution in [0, 0.1) is 0 Å². The first kappa shape index (κ1) is 17.8. The van der Waals surface area contributed by atoms with Gasteiger partial charge in [-0.1, -0.05) is 35.3 Å². The van der Waals surface area contributed by atoms with E-state index >= 15 is 0 Å². The summed E-state index contributed by atoms with van der Waals surface area (Å²) >= 11 is 11.6. The third-order valence-corrected chi connectivity index (χ3v) is 5.94. The van der Waals surface area contributed by atoms with Gasteiger partial charge in [-0.05, 0) is 48.5 Å². The van der Waals surface area contributed by atoms with E-state index < -0.39 is 10.0 Å². The number of hydrogen-bond donors (Lipinski definition) is 1. The fourth-order valence-electron chi connectivity index (χ4n) is 2.66. The number of pyridine rings is 1. The molecular formula is C18H12Cl2N4O2S. The summed E-state index contributed by atoms with van der Waals surface area (Å²) in [5.41, 5.74) is 3.10. The number of para-hydroxylation sites is 2. The molecule has 0 aliphatic heterocycles. The monoisotopic (exact) mass is 418 g/mol. The Bertz CT molecular complexity index is 1240. The third-order valence-electron chi connectivity index (χ3n) is 3.92. The third kappa shape index (κ3) is 3.49. The molecule has 0 unspecified atom stereocenters. The fourth-order valence-corrected chi connectivity index (χ4v) is 4.39. The van der Waals surface area contributed by atoms with E-state index in [4.69, 9.17) is 23.2 Å². The van der Waals surface area contributed by atoms with Crippen LogP contribution in [0.1, 0.15) is 0 Å². The van der Waals surface area contributed by atoms with Gasteiger partial charge in [-0.2, -0.15) is 0 Å². The number of aromatic nitrogens is 3. The van der Waals surface area contributed by atoms with Crippen LogP contribution in [0.2, 0.25) is 10.3 Å². The fraction of sp³-hybridized carbons (Fsp3) is 0. The first-order valence-corrected chi connectivity index (χ1v) is 10.1. The van der Waals surface area contributed by atoms with Gasteiger partial charge in [-0.15, -0.1) is 0 Å². The molecule has 0 aliphatic rings. The molecule has 1 N–H and O–H groups in total. The molecule has 2 aromatic heterocycles. The number of halogens is 2. The maximum atomic E-state index is 12.5. The number of sulfonamides is 1. The molecule has 2 aromatic carbocycles. The summed E-state index contributed by atoms with van der Waals surface area (Å²) in [6, 6.07) is 17.4. The Kier molecular flexibility index (Phi) is 4.51. The minimum atomic E-state index is -3.88. The van der Waals surface area contributed by atoms with Crippen molar-refractivity contribution < 1.29 is 8.42 Å². The summed E-state index contributed by atoms with van der Waals surface area (Å²) in [5.74, 6) is 0. The smallest absolute Gasteiger partial charge is 0.264 e. The summed E-state index contributed by atoms with van der Waals surface area (Å²) in [7, 11) is -3.88. The van der Waals surface area contributed by atoms with Crippen LogP contribution >= 0.6 is 23.2 Å². The predicted molar refractivity (Wildman–Crippen MR) is 106 cm³/mol. The highest BCUT2D eigenvalue weighted by molar-refractivity contribution is 7.92. The lowest BCUT2D eigenvalue weighted by atomic mass is 10.2. The van der Waals surface area contributed by atoms with E-state index in [1.54, 1.807) is 30.6 Å². The average Bonchev–Trinajstić information content (AvgIpc) is 3.06. The number of nitrogens with zero attached hydrogens (tertiary/aromatic N) is 3. The van der Waals surface area contributed by atoms with Crippen LogP contribution in [-0.4, -0.2) is 23.0 Å². The molecule has 0 saturated heterocycles. The number of anilines is 1. The highest BCUT2D eigenvalue weighted by Crippen LogP contribution is 2.25. The zero-order chi connectivity index (χ0) is 19.0. The van der Waals surface area contributed by atoms with Gasteiger partial charge in [-0.25, -0.2) is 18.4 Å². The van der Waals surface area contributed by atoms with Crippen molar-refractivity contribution in [2.75, 3.05) is 4.72 Å². The van der Waals surface area contributed by atoms with E-state index in [9.17, 15) is 8.42 Å². The van der Waals surface area contributed by atoms with E-state index in [0.29, 0.717) is 5.69 Å². The second-order valence-electron chi connectivity index (χ2n) is 5.68. The summed E-state index contributed by atoms with van der Waals surface area (Å²) < 4.78 is 29.5. The molecule has 0 amide bonds. The van der Waals surface area contributed by atoms with Crippen molar-refractivity contribution in [2.45, 2.75) is 4.90 Å². The second-order valence-corrected chi connectivity index (χ2v) is 8.07. The Morgan fingerprint density at radius 1 is 0.926 bits per heavy atom. The Hall–Kier alpha value is -2.61. The number of benzene rings is 2. The average molecular weight is 419 g/mol. The molecule has 0 atom stereocenters. The molecule has 0 aliphatic carbocycles. The van der Waals surface area contributed by atoms with E-state index in [1.165, 1.54) is 12.1 Å². The first-order valence-electron chi connectivity index (χ1n) is 7.81. The van der Waals surface area contributed by atoms with Gasteiger partial charge in [0, 0.05) is 11.4 Å². The Morgan fingerprint density at radius 3 is 2.41 bits per heavy atom. The van der Waals surface area contributed by atoms with Crippen LogP contribution < -0.4 is 4.72 Å². The molecule has 0 saturated carbocycles. The van der Waals surface area contributed by atoms with Crippen LogP contribution in [-0.2, 0) is 10.0 Å². The van der Waals surface area contributed by atoms with Gasteiger partial charge < -0.3 is 0 Å². The molecule has 0 spiro atoms. The predicted octanol–water partition coefficient (Wildman–Crippen LogP) is 4.53. The zero-order valence-corrected chi connectivity index (χ0v) is 16.0. The largest absolute Gasteiger partial charge is 0.299 e. The molecule has 2 heterocycles. The SMILES string of the molecule is O=S(=O)(Nc1ccc(-n2cnc3ccccc32)cc1)c1ccc(Cl)nc1Cl. The van der Waals surface area contributed by atoms with Gasteiger partial charge in [0.15, 0.2) is 5.15 Å². The van der Waals surface area contributed by atoms with Gasteiger partial charge in [0.2, 0.25) is 0 Å². The van der Waals surface area contributed by atoms with Crippen LogP contribution in [0.5, 0.6) is 0 Å². The van der Waals surface area contributed by atoms with Crippen LogP contribution in [0.25, 0.3) is 16.7 Å². The van der Waals surface area contributed by atoms with Crippen molar-refractivity contribution in [2.24, 2.45) is 0 Å². The van der Waals surface area contributed by atoms with E-state index in [2.05, 4.69) is 14.7 Å². The van der Waals surface area contributed by atoms with Gasteiger partial charge in [-0.3, -0.25) is 9.29 Å². The van der Waals surface area contributed by atoms with Crippen molar-refractivity contribution in [3.05, 3.63) is 77.3 Å². The molecule has 136 valence electrons. The molecule has 0 fully saturated rings. The van der Waals surface area contributed by atoms with Crippen molar-refractivity contribution in [3.63, 3.8) is 0 Å². The lowest BCUT2D eigenvalue weighted by Crippen LogP contribution is -2.14. The highest BCUT2D eigenvalue weighted by Gasteiger charge is 2.19. The van der Waals surface area contributed by atoms with Crippen LogP contribution in [0.3, 0.4) is 0 Å². The minimum absolute atomic E-state index is 0.121. The number of hydrogen-bond acceptors (Lipinski definition) is 4. The Labute approximate surface area is 165 Å². The van der Waals surface area contributed by atoms with Gasteiger partial charge in [0.05, 0.1) is 11.0 Å². The molecule has 0 bridgehead atoms. The number of nitrogens with one attached hydrogen (secondary N) is 1.